The molecule has 3 nitrogen and oxygen atoms in total. The van der Waals surface area contributed by atoms with Gasteiger partial charge < -0.3 is 14.8 Å². The van der Waals surface area contributed by atoms with E-state index < -0.39 is 0 Å². The number of hydrogen-bond acceptors (Lipinski definition) is 3. The van der Waals surface area contributed by atoms with Crippen LogP contribution < -0.4 is 10.1 Å². The highest BCUT2D eigenvalue weighted by molar-refractivity contribution is 5.38. The van der Waals surface area contributed by atoms with E-state index in [-0.39, 0.29) is 6.10 Å². The molecule has 2 unspecified atom stereocenters. The predicted molar refractivity (Wildman–Crippen MR) is 77.7 cm³/mol. The summed E-state index contributed by atoms with van der Waals surface area (Å²) in [5, 5.41) is 3.62. The van der Waals surface area contributed by atoms with Crippen LogP contribution in [0.1, 0.15) is 37.5 Å². The number of benzene rings is 1. The minimum Gasteiger partial charge on any atom is -0.496 e. The van der Waals surface area contributed by atoms with Crippen LogP contribution in [0.15, 0.2) is 18.2 Å². The molecule has 1 N–H and O–H groups in total. The van der Waals surface area contributed by atoms with Gasteiger partial charge in [0.05, 0.1) is 13.2 Å². The van der Waals surface area contributed by atoms with E-state index in [4.69, 9.17) is 9.47 Å². The topological polar surface area (TPSA) is 30.5 Å². The molecule has 3 heteroatoms. The molecule has 1 heterocycles. The Morgan fingerprint density at radius 3 is 2.84 bits per heavy atom. The van der Waals surface area contributed by atoms with Gasteiger partial charge in [0.1, 0.15) is 5.75 Å². The standard InChI is InChI=1S/C16H25NO2/c1-11(2)14-7-8-19-16(10-17-14)13-9-12(3)5-6-15(13)18-4/h5-6,9,11,14,16-17H,7-8,10H2,1-4H3. The number of hydrogen-bond donors (Lipinski definition) is 1. The van der Waals surface area contributed by atoms with Gasteiger partial charge in [0.15, 0.2) is 0 Å². The van der Waals surface area contributed by atoms with E-state index in [1.165, 1.54) is 5.56 Å². The summed E-state index contributed by atoms with van der Waals surface area (Å²) >= 11 is 0. The second kappa shape index (κ2) is 6.40. The van der Waals surface area contributed by atoms with Crippen molar-refractivity contribution in [2.45, 2.75) is 39.3 Å². The average molecular weight is 263 g/mol. The van der Waals surface area contributed by atoms with E-state index >= 15 is 0 Å². The molecule has 2 rings (SSSR count). The molecular formula is C16H25NO2. The molecule has 0 spiro atoms. The largest absolute Gasteiger partial charge is 0.496 e. The lowest BCUT2D eigenvalue weighted by atomic mass is 10.0. The highest BCUT2D eigenvalue weighted by Crippen LogP contribution is 2.30. The normalized spacial score (nSPS) is 24.3. The fraction of sp³-hybridized carbons (Fsp3) is 0.625. The maximum absolute atomic E-state index is 6.02. The molecule has 0 bridgehead atoms. The Morgan fingerprint density at radius 2 is 2.16 bits per heavy atom. The van der Waals surface area contributed by atoms with Crippen LogP contribution in [-0.2, 0) is 4.74 Å². The van der Waals surface area contributed by atoms with Crippen molar-refractivity contribution < 1.29 is 9.47 Å². The maximum atomic E-state index is 6.02. The summed E-state index contributed by atoms with van der Waals surface area (Å²) in [6.07, 6.45) is 1.15. The summed E-state index contributed by atoms with van der Waals surface area (Å²) in [6.45, 7) is 8.26. The van der Waals surface area contributed by atoms with E-state index in [9.17, 15) is 0 Å². The molecule has 0 aliphatic carbocycles. The van der Waals surface area contributed by atoms with Gasteiger partial charge >= 0.3 is 0 Å². The number of rotatable bonds is 3. The Morgan fingerprint density at radius 1 is 1.37 bits per heavy atom. The summed E-state index contributed by atoms with van der Waals surface area (Å²) < 4.78 is 11.5. The summed E-state index contributed by atoms with van der Waals surface area (Å²) in [6, 6.07) is 6.81. The van der Waals surface area contributed by atoms with E-state index in [2.05, 4.69) is 38.2 Å². The number of methoxy groups -OCH3 is 1. The minimum absolute atomic E-state index is 0.0820. The Kier molecular flexibility index (Phi) is 4.83. The van der Waals surface area contributed by atoms with Crippen molar-refractivity contribution in [3.05, 3.63) is 29.3 Å². The number of ether oxygens (including phenoxy) is 2. The van der Waals surface area contributed by atoms with Gasteiger partial charge in [-0.15, -0.1) is 0 Å². The van der Waals surface area contributed by atoms with E-state index in [1.54, 1.807) is 7.11 Å². The first-order chi connectivity index (χ1) is 9.11. The SMILES string of the molecule is COc1ccc(C)cc1C1CNC(C(C)C)CCO1. The molecule has 1 aromatic carbocycles. The summed E-state index contributed by atoms with van der Waals surface area (Å²) in [7, 11) is 1.72. The van der Waals surface area contributed by atoms with Crippen molar-refractivity contribution in [1.82, 2.24) is 5.32 Å². The van der Waals surface area contributed by atoms with Gasteiger partial charge in [-0.2, -0.15) is 0 Å². The molecule has 106 valence electrons. The molecule has 0 aromatic heterocycles. The maximum Gasteiger partial charge on any atom is 0.124 e. The molecule has 0 amide bonds. The van der Waals surface area contributed by atoms with Crippen molar-refractivity contribution in [3.63, 3.8) is 0 Å². The second-order valence-electron chi connectivity index (χ2n) is 5.65. The third-order valence-electron chi connectivity index (χ3n) is 3.85. The highest BCUT2D eigenvalue weighted by atomic mass is 16.5. The third-order valence-corrected chi connectivity index (χ3v) is 3.85. The van der Waals surface area contributed by atoms with E-state index in [1.807, 2.05) is 6.07 Å². The first-order valence-corrected chi connectivity index (χ1v) is 7.11. The fourth-order valence-electron chi connectivity index (χ4n) is 2.63. The van der Waals surface area contributed by atoms with E-state index in [0.717, 1.165) is 30.9 Å². The van der Waals surface area contributed by atoms with E-state index in [0.29, 0.717) is 12.0 Å². The Hall–Kier alpha value is -1.06. The Labute approximate surface area is 116 Å². The van der Waals surface area contributed by atoms with Crippen molar-refractivity contribution in [2.75, 3.05) is 20.3 Å². The smallest absolute Gasteiger partial charge is 0.124 e. The van der Waals surface area contributed by atoms with Crippen LogP contribution in [-0.4, -0.2) is 26.3 Å². The molecule has 1 saturated heterocycles. The van der Waals surface area contributed by atoms with Gasteiger partial charge in [0.25, 0.3) is 0 Å². The van der Waals surface area contributed by atoms with Crippen molar-refractivity contribution in [1.29, 1.82) is 0 Å². The van der Waals surface area contributed by atoms with Crippen LogP contribution in [0.3, 0.4) is 0 Å². The van der Waals surface area contributed by atoms with Crippen molar-refractivity contribution >= 4 is 0 Å². The van der Waals surface area contributed by atoms with Crippen LogP contribution in [0.5, 0.6) is 5.75 Å². The molecule has 19 heavy (non-hydrogen) atoms. The number of nitrogens with one attached hydrogen (secondary N) is 1. The zero-order valence-corrected chi connectivity index (χ0v) is 12.4. The van der Waals surface area contributed by atoms with Gasteiger partial charge in [0.2, 0.25) is 0 Å². The van der Waals surface area contributed by atoms with Crippen LogP contribution >= 0.6 is 0 Å². The van der Waals surface area contributed by atoms with Crippen LogP contribution in [0, 0.1) is 12.8 Å². The van der Waals surface area contributed by atoms with Crippen LogP contribution in [0.25, 0.3) is 0 Å². The molecule has 1 aliphatic rings. The molecule has 1 fully saturated rings. The fourth-order valence-corrected chi connectivity index (χ4v) is 2.63. The molecule has 0 radical (unpaired) electrons. The van der Waals surface area contributed by atoms with Gasteiger partial charge in [0, 0.05) is 24.8 Å². The molecule has 0 saturated carbocycles. The minimum atomic E-state index is 0.0820. The Bertz CT molecular complexity index is 417. The van der Waals surface area contributed by atoms with Gasteiger partial charge in [-0.25, -0.2) is 0 Å². The zero-order valence-electron chi connectivity index (χ0n) is 12.4. The van der Waals surface area contributed by atoms with Crippen molar-refractivity contribution in [2.24, 2.45) is 5.92 Å². The highest BCUT2D eigenvalue weighted by Gasteiger charge is 2.23. The Balaban J connectivity index is 2.16. The van der Waals surface area contributed by atoms with Gasteiger partial charge in [-0.05, 0) is 31.4 Å². The molecule has 1 aliphatic heterocycles. The van der Waals surface area contributed by atoms with Crippen molar-refractivity contribution in [3.8, 4) is 5.75 Å². The van der Waals surface area contributed by atoms with Crippen LogP contribution in [0.2, 0.25) is 0 Å². The van der Waals surface area contributed by atoms with Gasteiger partial charge in [-0.1, -0.05) is 25.5 Å². The monoisotopic (exact) mass is 263 g/mol. The quantitative estimate of drug-likeness (QED) is 0.909. The molecule has 2 atom stereocenters. The average Bonchev–Trinajstić information content (AvgIpc) is 2.64. The molecular weight excluding hydrogens is 238 g/mol. The lowest BCUT2D eigenvalue weighted by molar-refractivity contribution is 0.0642. The van der Waals surface area contributed by atoms with Gasteiger partial charge in [-0.3, -0.25) is 0 Å². The molecule has 1 aromatic rings. The predicted octanol–water partition coefficient (Wildman–Crippen LogP) is 3.08. The third kappa shape index (κ3) is 3.48. The first kappa shape index (κ1) is 14.4. The zero-order chi connectivity index (χ0) is 13.8. The summed E-state index contributed by atoms with van der Waals surface area (Å²) in [4.78, 5) is 0. The summed E-state index contributed by atoms with van der Waals surface area (Å²) in [5.74, 6) is 1.56. The lowest BCUT2D eigenvalue weighted by Crippen LogP contribution is -2.34. The lowest BCUT2D eigenvalue weighted by Gasteiger charge is -2.21. The summed E-state index contributed by atoms with van der Waals surface area (Å²) in [5.41, 5.74) is 2.39. The second-order valence-corrected chi connectivity index (χ2v) is 5.65. The number of aryl methyl sites for hydroxylation is 1. The van der Waals surface area contributed by atoms with Crippen LogP contribution in [0.4, 0.5) is 0 Å². The first-order valence-electron chi connectivity index (χ1n) is 7.11.